The molecular formula is C42H26N2. The number of hydrogen-bond donors (Lipinski definition) is 0. The number of hydrogen-bond acceptors (Lipinski definition) is 2. The molecule has 1 heterocycles. The van der Waals surface area contributed by atoms with Gasteiger partial charge < -0.3 is 0 Å². The summed E-state index contributed by atoms with van der Waals surface area (Å²) >= 11 is 0. The van der Waals surface area contributed by atoms with Gasteiger partial charge >= 0.3 is 0 Å². The van der Waals surface area contributed by atoms with Crippen molar-refractivity contribution >= 4 is 54.1 Å². The van der Waals surface area contributed by atoms with E-state index in [4.69, 9.17) is 9.97 Å². The Morgan fingerprint density at radius 3 is 1.77 bits per heavy atom. The lowest BCUT2D eigenvalue weighted by atomic mass is 9.89. The molecule has 0 saturated heterocycles. The monoisotopic (exact) mass is 558 g/mol. The molecule has 8 aromatic carbocycles. The van der Waals surface area contributed by atoms with Gasteiger partial charge in [-0.15, -0.1) is 0 Å². The minimum Gasteiger partial charge on any atom is -0.244 e. The largest absolute Gasteiger partial charge is 0.244 e. The number of benzene rings is 8. The summed E-state index contributed by atoms with van der Waals surface area (Å²) in [6.45, 7) is 0. The number of para-hydroxylation sites is 2. The van der Waals surface area contributed by atoms with Crippen LogP contribution in [0, 0.1) is 0 Å². The molecule has 0 saturated carbocycles. The lowest BCUT2D eigenvalue weighted by molar-refractivity contribution is 1.30. The highest BCUT2D eigenvalue weighted by atomic mass is 14.8. The molecular weight excluding hydrogens is 532 g/mol. The molecule has 9 aromatic rings. The number of nitrogens with zero attached hydrogens (tertiary/aromatic N) is 2. The van der Waals surface area contributed by atoms with Crippen LogP contribution in [0.15, 0.2) is 158 Å². The molecule has 0 fully saturated rings. The smallest absolute Gasteiger partial charge is 0.0979 e. The van der Waals surface area contributed by atoms with Crippen molar-refractivity contribution in [3.05, 3.63) is 158 Å². The first kappa shape index (κ1) is 24.7. The molecule has 0 atom stereocenters. The van der Waals surface area contributed by atoms with E-state index in [0.29, 0.717) is 0 Å². The maximum atomic E-state index is 5.35. The molecule has 0 N–H and O–H groups in total. The van der Waals surface area contributed by atoms with Crippen molar-refractivity contribution in [3.8, 4) is 33.6 Å². The van der Waals surface area contributed by atoms with Gasteiger partial charge in [-0.25, -0.2) is 9.97 Å². The van der Waals surface area contributed by atoms with E-state index >= 15 is 0 Å². The van der Waals surface area contributed by atoms with Crippen LogP contribution in [0.5, 0.6) is 0 Å². The fraction of sp³-hybridized carbons (Fsp3) is 0. The molecule has 44 heavy (non-hydrogen) atoms. The quantitative estimate of drug-likeness (QED) is 0.202. The van der Waals surface area contributed by atoms with Gasteiger partial charge in [-0.05, 0) is 78.5 Å². The van der Waals surface area contributed by atoms with Crippen molar-refractivity contribution in [2.45, 2.75) is 0 Å². The standard InChI is InChI=1S/C42H26N2/c1-2-11-27(12-3-1)29-15-10-16-31(25-29)41-42(44-39-20-9-8-19-38(39)43-41)37-26-30-14-5-7-18-33(30)40-35-22-21-28-13-4-6-17-32(28)34(35)23-24-36(37)40/h1-26H. The van der Waals surface area contributed by atoms with Gasteiger partial charge in [0.2, 0.25) is 0 Å². The molecule has 1 aromatic heterocycles. The van der Waals surface area contributed by atoms with Gasteiger partial charge in [0.25, 0.3) is 0 Å². The van der Waals surface area contributed by atoms with Crippen molar-refractivity contribution in [2.75, 3.05) is 0 Å². The topological polar surface area (TPSA) is 25.8 Å². The van der Waals surface area contributed by atoms with Crippen LogP contribution < -0.4 is 0 Å². The van der Waals surface area contributed by atoms with Gasteiger partial charge in [0.15, 0.2) is 0 Å². The van der Waals surface area contributed by atoms with Crippen molar-refractivity contribution in [2.24, 2.45) is 0 Å². The van der Waals surface area contributed by atoms with Crippen LogP contribution in [0.4, 0.5) is 0 Å². The second-order valence-electron chi connectivity index (χ2n) is 11.4. The van der Waals surface area contributed by atoms with Crippen LogP contribution >= 0.6 is 0 Å². The van der Waals surface area contributed by atoms with E-state index < -0.39 is 0 Å². The third-order valence-corrected chi connectivity index (χ3v) is 8.81. The number of fused-ring (bicyclic) bond motifs is 8. The molecule has 0 amide bonds. The fourth-order valence-corrected chi connectivity index (χ4v) is 6.75. The van der Waals surface area contributed by atoms with Gasteiger partial charge in [0, 0.05) is 11.1 Å². The molecule has 0 bridgehead atoms. The molecule has 0 spiro atoms. The van der Waals surface area contributed by atoms with Crippen molar-refractivity contribution < 1.29 is 0 Å². The average Bonchev–Trinajstić information content (AvgIpc) is 3.10. The molecule has 204 valence electrons. The van der Waals surface area contributed by atoms with Gasteiger partial charge in [0.1, 0.15) is 0 Å². The van der Waals surface area contributed by atoms with E-state index in [9.17, 15) is 0 Å². The van der Waals surface area contributed by atoms with Crippen molar-refractivity contribution in [3.63, 3.8) is 0 Å². The highest BCUT2D eigenvalue weighted by molar-refractivity contribution is 6.27. The molecule has 2 nitrogen and oxygen atoms in total. The minimum absolute atomic E-state index is 0.886. The average molecular weight is 559 g/mol. The molecule has 0 aliphatic heterocycles. The molecule has 2 heteroatoms. The first-order valence-corrected chi connectivity index (χ1v) is 15.0. The van der Waals surface area contributed by atoms with E-state index in [1.54, 1.807) is 0 Å². The summed E-state index contributed by atoms with van der Waals surface area (Å²) in [5, 5.41) is 9.89. The van der Waals surface area contributed by atoms with Gasteiger partial charge in [0.05, 0.1) is 22.4 Å². The molecule has 9 rings (SSSR count). The van der Waals surface area contributed by atoms with Crippen LogP contribution in [0.1, 0.15) is 0 Å². The zero-order valence-corrected chi connectivity index (χ0v) is 23.9. The van der Waals surface area contributed by atoms with Gasteiger partial charge in [-0.1, -0.05) is 133 Å². The second-order valence-corrected chi connectivity index (χ2v) is 11.4. The van der Waals surface area contributed by atoms with E-state index in [0.717, 1.165) is 39.1 Å². The molecule has 0 aliphatic rings. The zero-order chi connectivity index (χ0) is 29.0. The van der Waals surface area contributed by atoms with Crippen LogP contribution in [0.3, 0.4) is 0 Å². The lowest BCUT2D eigenvalue weighted by Crippen LogP contribution is -1.97. The first-order chi connectivity index (χ1) is 21.8. The first-order valence-electron chi connectivity index (χ1n) is 15.0. The Kier molecular flexibility index (Phi) is 5.54. The Bertz CT molecular complexity index is 2550. The molecule has 0 unspecified atom stereocenters. The predicted molar refractivity (Wildman–Crippen MR) is 186 cm³/mol. The van der Waals surface area contributed by atoms with E-state index in [1.165, 1.54) is 48.7 Å². The summed E-state index contributed by atoms with van der Waals surface area (Å²) in [5.41, 5.74) is 8.03. The summed E-state index contributed by atoms with van der Waals surface area (Å²) in [5.74, 6) is 0. The minimum atomic E-state index is 0.886. The highest BCUT2D eigenvalue weighted by Crippen LogP contribution is 2.43. The van der Waals surface area contributed by atoms with Gasteiger partial charge in [-0.3, -0.25) is 0 Å². The van der Waals surface area contributed by atoms with E-state index in [-0.39, 0.29) is 0 Å². The third-order valence-electron chi connectivity index (χ3n) is 8.81. The molecule has 0 radical (unpaired) electrons. The van der Waals surface area contributed by atoms with Crippen LogP contribution in [0.2, 0.25) is 0 Å². The molecule has 0 aliphatic carbocycles. The number of rotatable bonds is 3. The van der Waals surface area contributed by atoms with E-state index in [1.807, 2.05) is 18.2 Å². The summed E-state index contributed by atoms with van der Waals surface area (Å²) in [6.07, 6.45) is 0. The summed E-state index contributed by atoms with van der Waals surface area (Å²) in [7, 11) is 0. The summed E-state index contributed by atoms with van der Waals surface area (Å²) in [6, 6.07) is 56.1. The predicted octanol–water partition coefficient (Wildman–Crippen LogP) is 11.2. The summed E-state index contributed by atoms with van der Waals surface area (Å²) in [4.78, 5) is 10.6. The van der Waals surface area contributed by atoms with E-state index in [2.05, 4.69) is 140 Å². The Hall–Kier alpha value is -5.86. The Morgan fingerprint density at radius 2 is 0.932 bits per heavy atom. The van der Waals surface area contributed by atoms with Crippen LogP contribution in [-0.4, -0.2) is 9.97 Å². The summed E-state index contributed by atoms with van der Waals surface area (Å²) < 4.78 is 0. The van der Waals surface area contributed by atoms with Crippen molar-refractivity contribution in [1.29, 1.82) is 0 Å². The van der Waals surface area contributed by atoms with Gasteiger partial charge in [-0.2, -0.15) is 0 Å². The third kappa shape index (κ3) is 3.89. The second kappa shape index (κ2) is 9.86. The number of aromatic nitrogens is 2. The maximum Gasteiger partial charge on any atom is 0.0979 e. The SMILES string of the molecule is c1ccc(-c2cccc(-c3nc4ccccc4nc3-c3cc4ccccc4c4c3ccc3c5ccccc5ccc34)c2)cc1. The Labute approximate surface area is 254 Å². The maximum absolute atomic E-state index is 5.35. The fourth-order valence-electron chi connectivity index (χ4n) is 6.75. The van der Waals surface area contributed by atoms with Crippen LogP contribution in [-0.2, 0) is 0 Å². The zero-order valence-electron chi connectivity index (χ0n) is 23.9. The van der Waals surface area contributed by atoms with Crippen LogP contribution in [0.25, 0.3) is 87.8 Å². The van der Waals surface area contributed by atoms with Crippen molar-refractivity contribution in [1.82, 2.24) is 9.97 Å². The Morgan fingerprint density at radius 1 is 0.318 bits per heavy atom. The lowest BCUT2D eigenvalue weighted by Gasteiger charge is -2.17. The highest BCUT2D eigenvalue weighted by Gasteiger charge is 2.19. The normalized spacial score (nSPS) is 11.6. The Balaban J connectivity index is 1.40.